The molecular weight excluding hydrogens is 222 g/mol. The van der Waals surface area contributed by atoms with Crippen molar-refractivity contribution in [1.82, 2.24) is 0 Å². The molecule has 0 radical (unpaired) electrons. The zero-order valence-electron chi connectivity index (χ0n) is 9.77. The Balaban J connectivity index is 2.84. The lowest BCUT2D eigenvalue weighted by atomic mass is 10.1. The summed E-state index contributed by atoms with van der Waals surface area (Å²) in [7, 11) is 0. The van der Waals surface area contributed by atoms with Crippen LogP contribution in [0.15, 0.2) is 18.2 Å². The molecule has 0 fully saturated rings. The van der Waals surface area contributed by atoms with Gasteiger partial charge >= 0.3 is 0 Å². The number of nitro benzene ring substituents is 1. The van der Waals surface area contributed by atoms with Crippen LogP contribution in [-0.4, -0.2) is 16.9 Å². The molecule has 17 heavy (non-hydrogen) atoms. The van der Waals surface area contributed by atoms with Crippen LogP contribution in [0, 0.1) is 17.0 Å². The van der Waals surface area contributed by atoms with E-state index in [0.717, 1.165) is 0 Å². The minimum atomic E-state index is -0.564. The molecule has 0 heterocycles. The van der Waals surface area contributed by atoms with Crippen molar-refractivity contribution in [2.45, 2.75) is 26.3 Å². The summed E-state index contributed by atoms with van der Waals surface area (Å²) in [5.41, 5.74) is 6.60. The molecule has 92 valence electrons. The number of nitro groups is 1. The number of carbonyl (C=O) groups is 1. The topological polar surface area (TPSA) is 98.3 Å². The van der Waals surface area contributed by atoms with Gasteiger partial charge < -0.3 is 11.1 Å². The maximum Gasteiger partial charge on any atom is 0.272 e. The average Bonchev–Trinajstić information content (AvgIpc) is 2.27. The van der Waals surface area contributed by atoms with Crippen molar-refractivity contribution in [3.05, 3.63) is 33.9 Å². The Morgan fingerprint density at radius 2 is 2.24 bits per heavy atom. The van der Waals surface area contributed by atoms with Gasteiger partial charge in [-0.05, 0) is 25.5 Å². The smallest absolute Gasteiger partial charge is 0.272 e. The van der Waals surface area contributed by atoms with Gasteiger partial charge in [0.05, 0.1) is 11.0 Å². The van der Waals surface area contributed by atoms with Crippen molar-refractivity contribution >= 4 is 17.3 Å². The van der Waals surface area contributed by atoms with E-state index < -0.39 is 11.0 Å². The second-order valence-electron chi connectivity index (χ2n) is 3.76. The first-order valence-electron chi connectivity index (χ1n) is 5.27. The fourth-order valence-corrected chi connectivity index (χ4v) is 1.36. The summed E-state index contributed by atoms with van der Waals surface area (Å²) in [6, 6.07) is 3.84. The Morgan fingerprint density at radius 3 is 2.71 bits per heavy atom. The van der Waals surface area contributed by atoms with Crippen LogP contribution in [-0.2, 0) is 4.79 Å². The van der Waals surface area contributed by atoms with E-state index in [0.29, 0.717) is 17.7 Å². The number of nitrogens with zero attached hydrogens (tertiary/aromatic N) is 1. The van der Waals surface area contributed by atoms with E-state index in [1.165, 1.54) is 12.1 Å². The zero-order chi connectivity index (χ0) is 13.0. The molecule has 1 rings (SSSR count). The van der Waals surface area contributed by atoms with Crippen LogP contribution >= 0.6 is 0 Å². The van der Waals surface area contributed by atoms with Gasteiger partial charge in [0.2, 0.25) is 5.91 Å². The molecule has 0 aliphatic carbocycles. The first-order valence-corrected chi connectivity index (χ1v) is 5.27. The number of carbonyl (C=O) groups excluding carboxylic acids is 1. The number of rotatable bonds is 4. The summed E-state index contributed by atoms with van der Waals surface area (Å²) in [5, 5.41) is 13.2. The first kappa shape index (κ1) is 13.1. The molecule has 6 nitrogen and oxygen atoms in total. The molecule has 0 unspecified atom stereocenters. The van der Waals surface area contributed by atoms with Crippen LogP contribution in [0.2, 0.25) is 0 Å². The second-order valence-corrected chi connectivity index (χ2v) is 3.76. The van der Waals surface area contributed by atoms with Crippen LogP contribution in [0.5, 0.6) is 0 Å². The largest absolute Gasteiger partial charge is 0.325 e. The number of hydrogen-bond acceptors (Lipinski definition) is 4. The maximum absolute atomic E-state index is 11.5. The molecule has 0 aliphatic rings. The van der Waals surface area contributed by atoms with Crippen LogP contribution in [0.4, 0.5) is 11.4 Å². The Hall–Kier alpha value is -1.95. The maximum atomic E-state index is 11.5. The first-order chi connectivity index (χ1) is 7.95. The number of benzene rings is 1. The quantitative estimate of drug-likeness (QED) is 0.613. The number of hydrogen-bond donors (Lipinski definition) is 2. The monoisotopic (exact) mass is 237 g/mol. The highest BCUT2D eigenvalue weighted by molar-refractivity contribution is 5.94. The summed E-state index contributed by atoms with van der Waals surface area (Å²) in [6.07, 6.45) is 0.539. The molecule has 0 aliphatic heterocycles. The summed E-state index contributed by atoms with van der Waals surface area (Å²) >= 11 is 0. The zero-order valence-corrected chi connectivity index (χ0v) is 9.77. The highest BCUT2D eigenvalue weighted by Gasteiger charge is 2.14. The van der Waals surface area contributed by atoms with Crippen molar-refractivity contribution in [3.63, 3.8) is 0 Å². The van der Waals surface area contributed by atoms with Gasteiger partial charge in [-0.1, -0.05) is 6.92 Å². The molecule has 3 N–H and O–H groups in total. The Labute approximate surface area is 99.0 Å². The van der Waals surface area contributed by atoms with E-state index in [9.17, 15) is 14.9 Å². The molecule has 1 aromatic rings. The van der Waals surface area contributed by atoms with Gasteiger partial charge in [-0.25, -0.2) is 0 Å². The number of anilines is 1. The van der Waals surface area contributed by atoms with Crippen molar-refractivity contribution in [1.29, 1.82) is 0 Å². The van der Waals surface area contributed by atoms with Crippen molar-refractivity contribution < 1.29 is 9.72 Å². The van der Waals surface area contributed by atoms with Gasteiger partial charge in [-0.15, -0.1) is 0 Å². The molecule has 0 bridgehead atoms. The molecule has 1 atom stereocenters. The molecule has 0 aromatic heterocycles. The minimum absolute atomic E-state index is 0.0304. The van der Waals surface area contributed by atoms with E-state index in [4.69, 9.17) is 5.73 Å². The van der Waals surface area contributed by atoms with Gasteiger partial charge in [0.15, 0.2) is 0 Å². The van der Waals surface area contributed by atoms with Gasteiger partial charge in [0.25, 0.3) is 5.69 Å². The number of nitrogens with one attached hydrogen (secondary N) is 1. The predicted octanol–water partition coefficient (Wildman–Crippen LogP) is 1.58. The van der Waals surface area contributed by atoms with Crippen molar-refractivity contribution in [3.8, 4) is 0 Å². The van der Waals surface area contributed by atoms with Crippen LogP contribution < -0.4 is 11.1 Å². The van der Waals surface area contributed by atoms with Crippen LogP contribution in [0.1, 0.15) is 18.9 Å². The number of amides is 1. The number of nitrogens with two attached hydrogens (primary N) is 1. The Morgan fingerprint density at radius 1 is 1.59 bits per heavy atom. The Kier molecular flexibility index (Phi) is 4.17. The van der Waals surface area contributed by atoms with Crippen molar-refractivity contribution in [2.24, 2.45) is 5.73 Å². The lowest BCUT2D eigenvalue weighted by molar-refractivity contribution is -0.385. The van der Waals surface area contributed by atoms with Gasteiger partial charge in [-0.3, -0.25) is 14.9 Å². The molecule has 0 saturated carbocycles. The average molecular weight is 237 g/mol. The second kappa shape index (κ2) is 5.40. The SMILES string of the molecule is CC[C@H](N)C(=O)Nc1ccc([N+](=O)[O-])c(C)c1. The summed E-state index contributed by atoms with van der Waals surface area (Å²) in [4.78, 5) is 21.7. The molecule has 0 spiro atoms. The van der Waals surface area contributed by atoms with E-state index in [-0.39, 0.29) is 11.6 Å². The van der Waals surface area contributed by atoms with E-state index in [1.54, 1.807) is 13.0 Å². The molecular formula is C11H15N3O3. The lowest BCUT2D eigenvalue weighted by Crippen LogP contribution is -2.34. The minimum Gasteiger partial charge on any atom is -0.325 e. The molecule has 0 saturated heterocycles. The fraction of sp³-hybridized carbons (Fsp3) is 0.364. The third-order valence-corrected chi connectivity index (χ3v) is 2.44. The van der Waals surface area contributed by atoms with Gasteiger partial charge in [0, 0.05) is 17.3 Å². The molecule has 1 aromatic carbocycles. The van der Waals surface area contributed by atoms with E-state index in [2.05, 4.69) is 5.32 Å². The highest BCUT2D eigenvalue weighted by Crippen LogP contribution is 2.21. The summed E-state index contributed by atoms with van der Waals surface area (Å²) in [5.74, 6) is -0.291. The normalized spacial score (nSPS) is 11.9. The fourth-order valence-electron chi connectivity index (χ4n) is 1.36. The standard InChI is InChI=1S/C11H15N3O3/c1-3-9(12)11(15)13-8-4-5-10(14(16)17)7(2)6-8/h4-6,9H,3,12H2,1-2H3,(H,13,15)/t9-/m0/s1. The molecule has 1 amide bonds. The van der Waals surface area contributed by atoms with E-state index in [1.807, 2.05) is 6.92 Å². The van der Waals surface area contributed by atoms with Gasteiger partial charge in [-0.2, -0.15) is 0 Å². The Bertz CT molecular complexity index is 446. The third kappa shape index (κ3) is 3.25. The molecule has 6 heteroatoms. The van der Waals surface area contributed by atoms with Crippen LogP contribution in [0.25, 0.3) is 0 Å². The van der Waals surface area contributed by atoms with Gasteiger partial charge in [0.1, 0.15) is 0 Å². The third-order valence-electron chi connectivity index (χ3n) is 2.44. The summed E-state index contributed by atoms with van der Waals surface area (Å²) in [6.45, 7) is 3.43. The number of aryl methyl sites for hydroxylation is 1. The van der Waals surface area contributed by atoms with Crippen LogP contribution in [0.3, 0.4) is 0 Å². The lowest BCUT2D eigenvalue weighted by Gasteiger charge is -2.10. The van der Waals surface area contributed by atoms with E-state index >= 15 is 0 Å². The predicted molar refractivity (Wildman–Crippen MR) is 64.7 cm³/mol. The van der Waals surface area contributed by atoms with Crippen molar-refractivity contribution in [2.75, 3.05) is 5.32 Å². The summed E-state index contributed by atoms with van der Waals surface area (Å²) < 4.78 is 0. The highest BCUT2D eigenvalue weighted by atomic mass is 16.6.